The molecule has 0 aliphatic rings. The van der Waals surface area contributed by atoms with Gasteiger partial charge in [0.25, 0.3) is 0 Å². The quantitative estimate of drug-likeness (QED) is 0.774. The number of nitrogens with zero attached hydrogens (tertiary/aromatic N) is 1. The maximum atomic E-state index is 12.9. The van der Waals surface area contributed by atoms with Crippen LogP contribution in [-0.4, -0.2) is 6.29 Å². The minimum atomic E-state index is -0.496. The van der Waals surface area contributed by atoms with Gasteiger partial charge in [-0.05, 0) is 42.5 Å². The first-order valence-corrected chi connectivity index (χ1v) is 5.15. The number of halogens is 1. The zero-order valence-corrected chi connectivity index (χ0v) is 9.26. The second-order valence-corrected chi connectivity index (χ2v) is 3.54. The van der Waals surface area contributed by atoms with E-state index in [1.165, 1.54) is 12.1 Å². The molecule has 0 aliphatic carbocycles. The van der Waals surface area contributed by atoms with E-state index in [1.807, 2.05) is 6.07 Å². The van der Waals surface area contributed by atoms with E-state index in [4.69, 9.17) is 10.00 Å². The fraction of sp³-hybridized carbons (Fsp3) is 0. The predicted octanol–water partition coefficient (Wildman–Crippen LogP) is 3.30. The monoisotopic (exact) mass is 241 g/mol. The smallest absolute Gasteiger partial charge is 0.153 e. The van der Waals surface area contributed by atoms with Gasteiger partial charge in [0, 0.05) is 0 Å². The van der Waals surface area contributed by atoms with E-state index in [1.54, 1.807) is 24.3 Å². The number of hydrogen-bond donors (Lipinski definition) is 0. The van der Waals surface area contributed by atoms with Gasteiger partial charge in [-0.3, -0.25) is 4.79 Å². The van der Waals surface area contributed by atoms with E-state index >= 15 is 0 Å². The molecular weight excluding hydrogens is 233 g/mol. The van der Waals surface area contributed by atoms with Gasteiger partial charge in [-0.15, -0.1) is 0 Å². The normalized spacial score (nSPS) is 9.56. The lowest BCUT2D eigenvalue weighted by Crippen LogP contribution is -1.91. The summed E-state index contributed by atoms with van der Waals surface area (Å²) in [6.07, 6.45) is 0.530. The molecule has 2 rings (SSSR count). The Morgan fingerprint density at radius 1 is 1.17 bits per heavy atom. The SMILES string of the molecule is N#Cc1ccc(Oc2ccc(F)cc2C=O)cc1. The van der Waals surface area contributed by atoms with Crippen LogP contribution in [-0.2, 0) is 0 Å². The van der Waals surface area contributed by atoms with Crippen molar-refractivity contribution in [2.24, 2.45) is 0 Å². The third-order valence-corrected chi connectivity index (χ3v) is 2.31. The van der Waals surface area contributed by atoms with Crippen molar-refractivity contribution >= 4 is 6.29 Å². The van der Waals surface area contributed by atoms with Gasteiger partial charge < -0.3 is 4.74 Å². The van der Waals surface area contributed by atoms with E-state index in [0.717, 1.165) is 6.07 Å². The van der Waals surface area contributed by atoms with Crippen molar-refractivity contribution in [2.75, 3.05) is 0 Å². The van der Waals surface area contributed by atoms with Crippen LogP contribution in [0.3, 0.4) is 0 Å². The summed E-state index contributed by atoms with van der Waals surface area (Å²) in [5.41, 5.74) is 0.649. The molecule has 0 atom stereocenters. The Kier molecular flexibility index (Phi) is 3.35. The lowest BCUT2D eigenvalue weighted by molar-refractivity contribution is 0.112. The van der Waals surface area contributed by atoms with Gasteiger partial charge in [-0.2, -0.15) is 5.26 Å². The first-order chi connectivity index (χ1) is 8.72. The average molecular weight is 241 g/mol. The lowest BCUT2D eigenvalue weighted by Gasteiger charge is -2.07. The number of ether oxygens (including phenoxy) is 1. The molecule has 88 valence electrons. The van der Waals surface area contributed by atoms with Gasteiger partial charge in [-0.1, -0.05) is 0 Å². The molecule has 4 heteroatoms. The maximum absolute atomic E-state index is 12.9. The molecule has 0 aromatic heterocycles. The van der Waals surface area contributed by atoms with Crippen LogP contribution in [0.2, 0.25) is 0 Å². The highest BCUT2D eigenvalue weighted by Crippen LogP contribution is 2.25. The highest BCUT2D eigenvalue weighted by Gasteiger charge is 2.05. The van der Waals surface area contributed by atoms with Crippen LogP contribution >= 0.6 is 0 Å². The van der Waals surface area contributed by atoms with Crippen molar-refractivity contribution in [3.63, 3.8) is 0 Å². The molecule has 2 aromatic carbocycles. The van der Waals surface area contributed by atoms with Crippen LogP contribution in [0.5, 0.6) is 11.5 Å². The van der Waals surface area contributed by atoms with E-state index in [-0.39, 0.29) is 11.3 Å². The number of hydrogen-bond acceptors (Lipinski definition) is 3. The molecule has 0 saturated carbocycles. The molecule has 0 fully saturated rings. The Hall–Kier alpha value is -2.67. The van der Waals surface area contributed by atoms with Crippen LogP contribution in [0.25, 0.3) is 0 Å². The minimum absolute atomic E-state index is 0.138. The Bertz CT molecular complexity index is 615. The molecule has 2 aromatic rings. The van der Waals surface area contributed by atoms with E-state index in [2.05, 4.69) is 0 Å². The van der Waals surface area contributed by atoms with Crippen molar-refractivity contribution in [1.29, 1.82) is 5.26 Å². The third-order valence-electron chi connectivity index (χ3n) is 2.31. The lowest BCUT2D eigenvalue weighted by atomic mass is 10.2. The van der Waals surface area contributed by atoms with Crippen molar-refractivity contribution in [2.45, 2.75) is 0 Å². The maximum Gasteiger partial charge on any atom is 0.153 e. The molecule has 18 heavy (non-hydrogen) atoms. The zero-order valence-electron chi connectivity index (χ0n) is 9.26. The van der Waals surface area contributed by atoms with Crippen molar-refractivity contribution in [1.82, 2.24) is 0 Å². The Morgan fingerprint density at radius 3 is 2.50 bits per heavy atom. The summed E-state index contributed by atoms with van der Waals surface area (Å²) < 4.78 is 18.4. The molecule has 0 aliphatic heterocycles. The van der Waals surface area contributed by atoms with Crippen molar-refractivity contribution in [3.05, 3.63) is 59.4 Å². The van der Waals surface area contributed by atoms with Crippen molar-refractivity contribution in [3.8, 4) is 17.6 Å². The molecule has 0 bridgehead atoms. The first kappa shape index (κ1) is 11.8. The second-order valence-electron chi connectivity index (χ2n) is 3.54. The van der Waals surface area contributed by atoms with Crippen LogP contribution in [0.4, 0.5) is 4.39 Å². The average Bonchev–Trinajstić information content (AvgIpc) is 2.41. The van der Waals surface area contributed by atoms with Gasteiger partial charge in [-0.25, -0.2) is 4.39 Å². The van der Waals surface area contributed by atoms with E-state index in [0.29, 0.717) is 17.6 Å². The summed E-state index contributed by atoms with van der Waals surface area (Å²) in [6.45, 7) is 0. The summed E-state index contributed by atoms with van der Waals surface area (Å²) in [7, 11) is 0. The molecule has 0 amide bonds. The number of carbonyl (C=O) groups is 1. The van der Waals surface area contributed by atoms with Crippen LogP contribution in [0, 0.1) is 17.1 Å². The molecule has 0 saturated heterocycles. The van der Waals surface area contributed by atoms with Crippen LogP contribution < -0.4 is 4.74 Å². The van der Waals surface area contributed by atoms with Gasteiger partial charge in [0.05, 0.1) is 17.2 Å². The van der Waals surface area contributed by atoms with Crippen molar-refractivity contribution < 1.29 is 13.9 Å². The Labute approximate surface area is 103 Å². The van der Waals surface area contributed by atoms with Gasteiger partial charge in [0.1, 0.15) is 17.3 Å². The third kappa shape index (κ3) is 2.53. The number of benzene rings is 2. The molecule has 0 N–H and O–H groups in total. The largest absolute Gasteiger partial charge is 0.457 e. The topological polar surface area (TPSA) is 50.1 Å². The molecule has 0 unspecified atom stereocenters. The molecule has 3 nitrogen and oxygen atoms in total. The highest BCUT2D eigenvalue weighted by atomic mass is 19.1. The number of nitriles is 1. The Morgan fingerprint density at radius 2 is 1.89 bits per heavy atom. The predicted molar refractivity (Wildman–Crippen MR) is 63.0 cm³/mol. The zero-order chi connectivity index (χ0) is 13.0. The summed E-state index contributed by atoms with van der Waals surface area (Å²) >= 11 is 0. The summed E-state index contributed by atoms with van der Waals surface area (Å²) in [4.78, 5) is 10.8. The van der Waals surface area contributed by atoms with Gasteiger partial charge in [0.15, 0.2) is 6.29 Å². The second kappa shape index (κ2) is 5.11. The molecule has 0 spiro atoms. The standard InChI is InChI=1S/C14H8FNO2/c15-12-3-6-14(11(7-12)9-17)18-13-4-1-10(8-16)2-5-13/h1-7,9H. The van der Waals surface area contributed by atoms with Crippen LogP contribution in [0.1, 0.15) is 15.9 Å². The number of aldehydes is 1. The Balaban J connectivity index is 2.28. The summed E-state index contributed by atoms with van der Waals surface area (Å²) in [5, 5.41) is 8.65. The molecule has 0 radical (unpaired) electrons. The van der Waals surface area contributed by atoms with Gasteiger partial charge in [0.2, 0.25) is 0 Å². The summed E-state index contributed by atoms with van der Waals surface area (Å²) in [5.74, 6) is 0.254. The number of rotatable bonds is 3. The van der Waals surface area contributed by atoms with E-state index in [9.17, 15) is 9.18 Å². The number of carbonyl (C=O) groups excluding carboxylic acids is 1. The first-order valence-electron chi connectivity index (χ1n) is 5.15. The summed E-state index contributed by atoms with van der Waals surface area (Å²) in [6, 6.07) is 12.1. The highest BCUT2D eigenvalue weighted by molar-refractivity contribution is 5.79. The fourth-order valence-electron chi connectivity index (χ4n) is 1.43. The molecule has 0 heterocycles. The van der Waals surface area contributed by atoms with Gasteiger partial charge >= 0.3 is 0 Å². The van der Waals surface area contributed by atoms with Crippen LogP contribution in [0.15, 0.2) is 42.5 Å². The minimum Gasteiger partial charge on any atom is -0.457 e. The fourth-order valence-corrected chi connectivity index (χ4v) is 1.43. The molecular formula is C14H8FNO2. The van der Waals surface area contributed by atoms with E-state index < -0.39 is 5.82 Å².